The summed E-state index contributed by atoms with van der Waals surface area (Å²) >= 11 is 0. The van der Waals surface area contributed by atoms with E-state index >= 15 is 0 Å². The Morgan fingerprint density at radius 3 is 2.89 bits per heavy atom. The van der Waals surface area contributed by atoms with Gasteiger partial charge in [0.15, 0.2) is 0 Å². The lowest BCUT2D eigenvalue weighted by molar-refractivity contribution is 0.244. The maximum atomic E-state index is 9.59. The minimum absolute atomic E-state index is 0.244. The first-order chi connectivity index (χ1) is 8.67. The largest absolute Gasteiger partial charge is 0.394 e. The molecular formula is C15H24N2O. The highest BCUT2D eigenvalue weighted by Gasteiger charge is 2.31. The number of benzene rings is 1. The molecule has 1 aromatic carbocycles. The van der Waals surface area contributed by atoms with Crippen molar-refractivity contribution in [1.29, 1.82) is 0 Å². The molecule has 3 heteroatoms. The summed E-state index contributed by atoms with van der Waals surface area (Å²) in [7, 11) is 1.97. The van der Waals surface area contributed by atoms with Crippen LogP contribution in [0, 0.1) is 12.8 Å². The molecule has 1 saturated heterocycles. The number of aryl methyl sites for hydroxylation is 1. The summed E-state index contributed by atoms with van der Waals surface area (Å²) in [6.07, 6.45) is 1.16. The van der Waals surface area contributed by atoms with Crippen LogP contribution in [-0.4, -0.2) is 31.3 Å². The van der Waals surface area contributed by atoms with E-state index in [0.29, 0.717) is 5.92 Å². The van der Waals surface area contributed by atoms with Crippen molar-refractivity contribution in [1.82, 2.24) is 5.32 Å². The number of hydrogen-bond acceptors (Lipinski definition) is 3. The molecule has 2 rings (SSSR count). The molecule has 3 nitrogen and oxygen atoms in total. The van der Waals surface area contributed by atoms with E-state index in [9.17, 15) is 5.11 Å². The van der Waals surface area contributed by atoms with E-state index in [1.807, 2.05) is 7.05 Å². The fourth-order valence-electron chi connectivity index (χ4n) is 2.91. The van der Waals surface area contributed by atoms with Gasteiger partial charge in [0.25, 0.3) is 0 Å². The Bertz CT molecular complexity index is 405. The van der Waals surface area contributed by atoms with Crippen LogP contribution in [-0.2, 0) is 6.54 Å². The van der Waals surface area contributed by atoms with Crippen LogP contribution in [0.1, 0.15) is 24.5 Å². The van der Waals surface area contributed by atoms with Crippen molar-refractivity contribution in [3.05, 3.63) is 29.3 Å². The van der Waals surface area contributed by atoms with E-state index < -0.39 is 0 Å². The van der Waals surface area contributed by atoms with Gasteiger partial charge in [-0.1, -0.05) is 24.6 Å². The van der Waals surface area contributed by atoms with Crippen LogP contribution in [0.15, 0.2) is 18.2 Å². The van der Waals surface area contributed by atoms with Crippen molar-refractivity contribution in [2.45, 2.75) is 32.9 Å². The second-order valence-corrected chi connectivity index (χ2v) is 5.37. The van der Waals surface area contributed by atoms with Crippen molar-refractivity contribution in [2.24, 2.45) is 5.92 Å². The Labute approximate surface area is 110 Å². The van der Waals surface area contributed by atoms with Crippen molar-refractivity contribution < 1.29 is 5.11 Å². The van der Waals surface area contributed by atoms with Gasteiger partial charge in [0.2, 0.25) is 0 Å². The number of aliphatic hydroxyl groups is 1. The minimum Gasteiger partial charge on any atom is -0.394 e. The molecule has 0 saturated carbocycles. The van der Waals surface area contributed by atoms with Crippen molar-refractivity contribution >= 4 is 5.69 Å². The molecular weight excluding hydrogens is 224 g/mol. The number of hydrogen-bond donors (Lipinski definition) is 2. The quantitative estimate of drug-likeness (QED) is 0.854. The van der Waals surface area contributed by atoms with Gasteiger partial charge in [-0.05, 0) is 37.9 Å². The van der Waals surface area contributed by atoms with Crippen LogP contribution in [0.5, 0.6) is 0 Å². The second-order valence-electron chi connectivity index (χ2n) is 5.37. The fraction of sp³-hybridized carbons (Fsp3) is 0.600. The van der Waals surface area contributed by atoms with Crippen LogP contribution < -0.4 is 10.2 Å². The highest BCUT2D eigenvalue weighted by atomic mass is 16.3. The predicted molar refractivity (Wildman–Crippen MR) is 75.9 cm³/mol. The zero-order valence-electron chi connectivity index (χ0n) is 11.6. The molecule has 2 N–H and O–H groups in total. The Kier molecular flexibility index (Phi) is 4.25. The summed E-state index contributed by atoms with van der Waals surface area (Å²) < 4.78 is 0. The van der Waals surface area contributed by atoms with E-state index in [0.717, 1.165) is 19.5 Å². The third kappa shape index (κ3) is 2.52. The molecule has 0 bridgehead atoms. The third-order valence-electron chi connectivity index (χ3n) is 3.98. The molecule has 1 fully saturated rings. The molecule has 0 amide bonds. The molecule has 2 unspecified atom stereocenters. The van der Waals surface area contributed by atoms with Crippen molar-refractivity contribution in [3.8, 4) is 0 Å². The fourth-order valence-corrected chi connectivity index (χ4v) is 2.91. The van der Waals surface area contributed by atoms with Crippen LogP contribution in [0.25, 0.3) is 0 Å². The van der Waals surface area contributed by atoms with Gasteiger partial charge in [0.1, 0.15) is 0 Å². The molecule has 100 valence electrons. The van der Waals surface area contributed by atoms with E-state index in [-0.39, 0.29) is 12.6 Å². The lowest BCUT2D eigenvalue weighted by Gasteiger charge is -2.29. The molecule has 0 aromatic heterocycles. The monoisotopic (exact) mass is 248 g/mol. The van der Waals surface area contributed by atoms with Crippen LogP contribution in [0.2, 0.25) is 0 Å². The van der Waals surface area contributed by atoms with Gasteiger partial charge in [-0.2, -0.15) is 0 Å². The summed E-state index contributed by atoms with van der Waals surface area (Å²) in [4.78, 5) is 2.37. The number of anilines is 1. The average Bonchev–Trinajstić information content (AvgIpc) is 2.71. The van der Waals surface area contributed by atoms with E-state index in [2.05, 4.69) is 42.3 Å². The molecule has 0 radical (unpaired) electrons. The SMILES string of the molecule is CNCc1cc(C)ccc1N1CCC(C)C1CO. The van der Waals surface area contributed by atoms with Crippen LogP contribution >= 0.6 is 0 Å². The molecule has 1 aliphatic rings. The smallest absolute Gasteiger partial charge is 0.0637 e. The first-order valence-corrected chi connectivity index (χ1v) is 6.79. The lowest BCUT2D eigenvalue weighted by Crippen LogP contribution is -2.36. The van der Waals surface area contributed by atoms with Crippen LogP contribution in [0.4, 0.5) is 5.69 Å². The number of aliphatic hydroxyl groups excluding tert-OH is 1. The molecule has 1 heterocycles. The predicted octanol–water partition coefficient (Wildman–Crippen LogP) is 1.92. The Morgan fingerprint density at radius 2 is 2.22 bits per heavy atom. The number of nitrogens with one attached hydrogen (secondary N) is 1. The summed E-state index contributed by atoms with van der Waals surface area (Å²) in [5.41, 5.74) is 3.89. The van der Waals surface area contributed by atoms with E-state index in [4.69, 9.17) is 0 Å². The standard InChI is InChI=1S/C15H24N2O/c1-11-4-5-14(13(8-11)9-16-3)17-7-6-12(2)15(17)10-18/h4-5,8,12,15-16,18H,6-7,9-10H2,1-3H3. The normalized spacial score (nSPS) is 23.7. The zero-order valence-corrected chi connectivity index (χ0v) is 11.6. The van der Waals surface area contributed by atoms with Crippen molar-refractivity contribution in [2.75, 3.05) is 25.1 Å². The van der Waals surface area contributed by atoms with Crippen molar-refractivity contribution in [3.63, 3.8) is 0 Å². The Morgan fingerprint density at radius 1 is 1.44 bits per heavy atom. The van der Waals surface area contributed by atoms with Gasteiger partial charge < -0.3 is 15.3 Å². The van der Waals surface area contributed by atoms with Gasteiger partial charge in [0, 0.05) is 18.8 Å². The van der Waals surface area contributed by atoms with Gasteiger partial charge in [0.05, 0.1) is 12.6 Å². The highest BCUT2D eigenvalue weighted by Crippen LogP contribution is 2.32. The second kappa shape index (κ2) is 5.72. The molecule has 18 heavy (non-hydrogen) atoms. The molecule has 1 aliphatic heterocycles. The summed E-state index contributed by atoms with van der Waals surface area (Å²) in [6.45, 7) is 6.52. The molecule has 1 aromatic rings. The maximum absolute atomic E-state index is 9.59. The first-order valence-electron chi connectivity index (χ1n) is 6.79. The topological polar surface area (TPSA) is 35.5 Å². The summed E-state index contributed by atoms with van der Waals surface area (Å²) in [5.74, 6) is 0.568. The first kappa shape index (κ1) is 13.4. The van der Waals surface area contributed by atoms with Gasteiger partial charge >= 0.3 is 0 Å². The van der Waals surface area contributed by atoms with Crippen LogP contribution in [0.3, 0.4) is 0 Å². The number of nitrogens with zero attached hydrogens (tertiary/aromatic N) is 1. The third-order valence-corrected chi connectivity index (χ3v) is 3.98. The molecule has 2 atom stereocenters. The van der Waals surface area contributed by atoms with Gasteiger partial charge in [-0.15, -0.1) is 0 Å². The maximum Gasteiger partial charge on any atom is 0.0637 e. The zero-order chi connectivity index (χ0) is 13.1. The lowest BCUT2D eigenvalue weighted by atomic mass is 10.0. The highest BCUT2D eigenvalue weighted by molar-refractivity contribution is 5.56. The molecule has 0 aliphatic carbocycles. The average molecular weight is 248 g/mol. The molecule has 0 spiro atoms. The minimum atomic E-state index is 0.244. The van der Waals surface area contributed by atoms with E-state index in [1.54, 1.807) is 0 Å². The van der Waals surface area contributed by atoms with Gasteiger partial charge in [-0.3, -0.25) is 0 Å². The van der Waals surface area contributed by atoms with Gasteiger partial charge in [-0.25, -0.2) is 0 Å². The Balaban J connectivity index is 2.32. The summed E-state index contributed by atoms with van der Waals surface area (Å²) in [5, 5.41) is 12.8. The summed E-state index contributed by atoms with van der Waals surface area (Å²) in [6, 6.07) is 6.86. The Hall–Kier alpha value is -1.06. The number of rotatable bonds is 4. The van der Waals surface area contributed by atoms with E-state index in [1.165, 1.54) is 16.8 Å².